The lowest BCUT2D eigenvalue weighted by Crippen LogP contribution is -2.28. The molecule has 1 atom stereocenters. The SMILES string of the molecule is CC(C)Oc1ccc(S(=O)(=O)N2CCC(c3cn(CC(=O)O)c4cc(-c5ccsc5)ccc34)C2)cc1. The number of thiophene rings is 1. The number of carboxylic acids is 1. The molecule has 1 aliphatic rings. The second kappa shape index (κ2) is 9.72. The molecule has 0 spiro atoms. The van der Waals surface area contributed by atoms with Gasteiger partial charge in [-0.15, -0.1) is 0 Å². The first-order chi connectivity index (χ1) is 17.2. The average Bonchev–Trinajstić information content (AvgIpc) is 3.59. The number of ether oxygens (including phenoxy) is 1. The van der Waals surface area contributed by atoms with E-state index in [0.29, 0.717) is 25.3 Å². The van der Waals surface area contributed by atoms with Gasteiger partial charge in [-0.1, -0.05) is 12.1 Å². The van der Waals surface area contributed by atoms with Crippen LogP contribution >= 0.6 is 11.3 Å². The third kappa shape index (κ3) is 4.78. The first kappa shape index (κ1) is 24.5. The molecule has 0 bridgehead atoms. The smallest absolute Gasteiger partial charge is 0.323 e. The number of sulfonamides is 1. The average molecular weight is 525 g/mol. The fraction of sp³-hybridized carbons (Fsp3) is 0.296. The second-order valence-electron chi connectivity index (χ2n) is 9.34. The summed E-state index contributed by atoms with van der Waals surface area (Å²) in [7, 11) is -3.65. The number of carbonyl (C=O) groups is 1. The van der Waals surface area contributed by atoms with E-state index >= 15 is 0 Å². The lowest BCUT2D eigenvalue weighted by molar-refractivity contribution is -0.137. The Morgan fingerprint density at radius 2 is 1.92 bits per heavy atom. The Balaban J connectivity index is 1.43. The fourth-order valence-corrected chi connectivity index (χ4v) is 7.01. The van der Waals surface area contributed by atoms with Gasteiger partial charge in [-0.2, -0.15) is 15.6 Å². The molecule has 1 N–H and O–H groups in total. The van der Waals surface area contributed by atoms with Gasteiger partial charge in [0.15, 0.2) is 0 Å². The first-order valence-electron chi connectivity index (χ1n) is 11.9. The molecule has 0 amide bonds. The molecular formula is C27H28N2O5S2. The Kier molecular flexibility index (Phi) is 6.63. The molecule has 3 heterocycles. The molecule has 36 heavy (non-hydrogen) atoms. The van der Waals surface area contributed by atoms with Crippen LogP contribution < -0.4 is 4.74 Å². The molecule has 1 fully saturated rings. The van der Waals surface area contributed by atoms with Crippen LogP contribution in [0.2, 0.25) is 0 Å². The first-order valence-corrected chi connectivity index (χ1v) is 14.2. The molecule has 1 saturated heterocycles. The largest absolute Gasteiger partial charge is 0.491 e. The Hall–Kier alpha value is -3.14. The van der Waals surface area contributed by atoms with Crippen LogP contribution in [0.4, 0.5) is 0 Å². The summed E-state index contributed by atoms with van der Waals surface area (Å²) >= 11 is 1.61. The van der Waals surface area contributed by atoms with Crippen molar-refractivity contribution in [2.75, 3.05) is 13.1 Å². The zero-order valence-corrected chi connectivity index (χ0v) is 21.8. The number of nitrogens with zero attached hydrogens (tertiary/aromatic N) is 2. The number of aromatic nitrogens is 1. The van der Waals surface area contributed by atoms with E-state index in [2.05, 4.69) is 5.38 Å². The minimum Gasteiger partial charge on any atom is -0.491 e. The number of fused-ring (bicyclic) bond motifs is 1. The van der Waals surface area contributed by atoms with Crippen molar-refractivity contribution in [3.05, 3.63) is 71.1 Å². The van der Waals surface area contributed by atoms with Crippen LogP contribution in [0.1, 0.15) is 31.7 Å². The Morgan fingerprint density at radius 3 is 2.58 bits per heavy atom. The van der Waals surface area contributed by atoms with E-state index in [1.54, 1.807) is 40.2 Å². The summed E-state index contributed by atoms with van der Waals surface area (Å²) in [6.07, 6.45) is 2.57. The van der Waals surface area contributed by atoms with E-state index in [9.17, 15) is 18.3 Å². The van der Waals surface area contributed by atoms with E-state index in [1.165, 1.54) is 4.31 Å². The molecule has 4 aromatic rings. The van der Waals surface area contributed by atoms with Crippen LogP contribution in [0.5, 0.6) is 5.75 Å². The topological polar surface area (TPSA) is 88.8 Å². The minimum absolute atomic E-state index is 0.0105. The molecule has 2 aromatic carbocycles. The normalized spacial score (nSPS) is 16.7. The summed E-state index contributed by atoms with van der Waals surface area (Å²) in [6, 6.07) is 14.7. The molecule has 0 radical (unpaired) electrons. The summed E-state index contributed by atoms with van der Waals surface area (Å²) in [5.41, 5.74) is 3.95. The third-order valence-electron chi connectivity index (χ3n) is 6.50. The maximum absolute atomic E-state index is 13.3. The van der Waals surface area contributed by atoms with Gasteiger partial charge < -0.3 is 14.4 Å². The number of benzene rings is 2. The van der Waals surface area contributed by atoms with Crippen molar-refractivity contribution in [1.29, 1.82) is 0 Å². The van der Waals surface area contributed by atoms with Gasteiger partial charge in [-0.3, -0.25) is 4.79 Å². The molecule has 5 rings (SSSR count). The molecule has 2 aromatic heterocycles. The van der Waals surface area contributed by atoms with Crippen molar-refractivity contribution in [3.63, 3.8) is 0 Å². The van der Waals surface area contributed by atoms with Gasteiger partial charge in [0.05, 0.1) is 11.0 Å². The van der Waals surface area contributed by atoms with Crippen LogP contribution in [-0.2, 0) is 21.4 Å². The summed E-state index contributed by atoms with van der Waals surface area (Å²) < 4.78 is 35.6. The standard InChI is InChI=1S/C27H28N2O5S2/c1-18(2)34-22-4-6-23(7-5-22)36(32,33)29-11-9-20(14-29)25-15-28(16-27(30)31)26-13-19(3-8-24(25)26)21-10-12-35-17-21/h3-8,10,12-13,15,17-18,20H,9,11,14,16H2,1-2H3,(H,30,31). The summed E-state index contributed by atoms with van der Waals surface area (Å²) in [4.78, 5) is 11.8. The van der Waals surface area contributed by atoms with Crippen molar-refractivity contribution in [1.82, 2.24) is 8.87 Å². The number of rotatable bonds is 8. The van der Waals surface area contributed by atoms with Crippen LogP contribution in [0, 0.1) is 0 Å². The quantitative estimate of drug-likeness (QED) is 0.333. The predicted octanol–water partition coefficient (Wildman–Crippen LogP) is 5.42. The van der Waals surface area contributed by atoms with Crippen molar-refractivity contribution in [2.45, 2.75) is 43.7 Å². The van der Waals surface area contributed by atoms with Crippen LogP contribution in [0.25, 0.3) is 22.0 Å². The maximum Gasteiger partial charge on any atom is 0.323 e. The summed E-state index contributed by atoms with van der Waals surface area (Å²) in [5.74, 6) is -0.302. The lowest BCUT2D eigenvalue weighted by atomic mass is 9.97. The van der Waals surface area contributed by atoms with Crippen molar-refractivity contribution in [2.24, 2.45) is 0 Å². The van der Waals surface area contributed by atoms with E-state index < -0.39 is 16.0 Å². The minimum atomic E-state index is -3.65. The number of aliphatic carboxylic acids is 1. The second-order valence-corrected chi connectivity index (χ2v) is 12.1. The summed E-state index contributed by atoms with van der Waals surface area (Å²) in [5, 5.41) is 14.5. The fourth-order valence-electron chi connectivity index (χ4n) is 4.84. The van der Waals surface area contributed by atoms with E-state index in [4.69, 9.17) is 4.74 Å². The van der Waals surface area contributed by atoms with E-state index in [-0.39, 0.29) is 23.5 Å². The zero-order chi connectivity index (χ0) is 25.4. The maximum atomic E-state index is 13.3. The van der Waals surface area contributed by atoms with Gasteiger partial charge in [-0.25, -0.2) is 8.42 Å². The predicted molar refractivity (Wildman–Crippen MR) is 141 cm³/mol. The van der Waals surface area contributed by atoms with Crippen LogP contribution in [0.3, 0.4) is 0 Å². The summed E-state index contributed by atoms with van der Waals surface area (Å²) in [6.45, 7) is 4.46. The highest BCUT2D eigenvalue weighted by molar-refractivity contribution is 7.89. The van der Waals surface area contributed by atoms with Gasteiger partial charge in [0.25, 0.3) is 0 Å². The monoisotopic (exact) mass is 524 g/mol. The highest BCUT2D eigenvalue weighted by Crippen LogP contribution is 2.37. The van der Waals surface area contributed by atoms with Crippen LogP contribution in [-0.4, -0.2) is 47.6 Å². The Labute approximate surface area is 214 Å². The molecule has 7 nitrogen and oxygen atoms in total. The number of hydrogen-bond acceptors (Lipinski definition) is 5. The number of carboxylic acid groups (broad SMARTS) is 1. The van der Waals surface area contributed by atoms with Crippen molar-refractivity contribution in [3.8, 4) is 16.9 Å². The van der Waals surface area contributed by atoms with E-state index in [0.717, 1.165) is 27.6 Å². The molecule has 188 valence electrons. The van der Waals surface area contributed by atoms with Gasteiger partial charge in [0.2, 0.25) is 10.0 Å². The lowest BCUT2D eigenvalue weighted by Gasteiger charge is -2.17. The molecule has 9 heteroatoms. The van der Waals surface area contributed by atoms with Crippen molar-refractivity contribution < 1.29 is 23.1 Å². The van der Waals surface area contributed by atoms with Crippen LogP contribution in [0.15, 0.2) is 70.4 Å². The van der Waals surface area contributed by atoms with E-state index in [1.807, 2.05) is 49.7 Å². The van der Waals surface area contributed by atoms with Gasteiger partial charge >= 0.3 is 5.97 Å². The van der Waals surface area contributed by atoms with Gasteiger partial charge in [-0.05, 0) is 84.1 Å². The number of hydrogen-bond donors (Lipinski definition) is 1. The Bertz CT molecular complexity index is 1490. The molecule has 1 unspecified atom stereocenters. The highest BCUT2D eigenvalue weighted by Gasteiger charge is 2.34. The molecule has 0 aliphatic carbocycles. The molecular weight excluding hydrogens is 496 g/mol. The molecule has 1 aliphatic heterocycles. The third-order valence-corrected chi connectivity index (χ3v) is 9.06. The molecule has 0 saturated carbocycles. The van der Waals surface area contributed by atoms with Gasteiger partial charge in [0.1, 0.15) is 12.3 Å². The zero-order valence-electron chi connectivity index (χ0n) is 20.1. The van der Waals surface area contributed by atoms with Crippen molar-refractivity contribution >= 4 is 38.2 Å². The van der Waals surface area contributed by atoms with Gasteiger partial charge in [0, 0.05) is 36.1 Å². The highest BCUT2D eigenvalue weighted by atomic mass is 32.2. The Morgan fingerprint density at radius 1 is 1.14 bits per heavy atom.